The predicted octanol–water partition coefficient (Wildman–Crippen LogP) is 4.59. The maximum Gasteiger partial charge on any atom is 0.265 e. The van der Waals surface area contributed by atoms with E-state index >= 15 is 0 Å². The molecule has 1 aliphatic heterocycles. The van der Waals surface area contributed by atoms with Crippen molar-refractivity contribution in [1.82, 2.24) is 16.0 Å². The third-order valence-corrected chi connectivity index (χ3v) is 5.73. The fourth-order valence-corrected chi connectivity index (χ4v) is 3.94. The van der Waals surface area contributed by atoms with Crippen molar-refractivity contribution in [2.75, 3.05) is 6.54 Å². The number of carbonyl (C=O) groups is 3. The second-order valence-corrected chi connectivity index (χ2v) is 7.72. The number of thiophene rings is 1. The Kier molecular flexibility index (Phi) is 11.7. The van der Waals surface area contributed by atoms with Crippen LogP contribution in [0, 0.1) is 0 Å². The molecule has 3 amide bonds. The van der Waals surface area contributed by atoms with E-state index in [1.54, 1.807) is 37.3 Å². The van der Waals surface area contributed by atoms with Crippen LogP contribution in [0.25, 0.3) is 12.2 Å². The summed E-state index contributed by atoms with van der Waals surface area (Å²) < 4.78 is 0. The molecule has 0 spiro atoms. The molecule has 6 nitrogen and oxygen atoms in total. The SMILES string of the molecule is C=C/C(NC(=O)c1cc(C=C)c(C=C)s1)=C(\C=C/C)C(=O)NC1CCCCNC1=O.CC. The summed E-state index contributed by atoms with van der Waals surface area (Å²) in [4.78, 5) is 39.1. The molecule has 1 saturated heterocycles. The Morgan fingerprint density at radius 2 is 1.91 bits per heavy atom. The molecule has 0 radical (unpaired) electrons. The lowest BCUT2D eigenvalue weighted by Crippen LogP contribution is -2.46. The number of nitrogens with one attached hydrogen (secondary N) is 3. The Balaban J connectivity index is 0.00000249. The van der Waals surface area contributed by atoms with Gasteiger partial charge in [-0.15, -0.1) is 11.3 Å². The van der Waals surface area contributed by atoms with E-state index in [1.807, 2.05) is 13.8 Å². The number of allylic oxidation sites excluding steroid dienone is 2. The molecule has 0 saturated carbocycles. The second-order valence-electron chi connectivity index (χ2n) is 6.64. The van der Waals surface area contributed by atoms with Crippen LogP contribution in [0.2, 0.25) is 0 Å². The molecule has 0 aromatic carbocycles. The molecule has 2 rings (SSSR count). The van der Waals surface area contributed by atoms with Crippen molar-refractivity contribution in [3.8, 4) is 0 Å². The average molecular weight is 456 g/mol. The van der Waals surface area contributed by atoms with E-state index in [2.05, 4.69) is 35.7 Å². The Hall–Kier alpha value is -3.19. The highest BCUT2D eigenvalue weighted by molar-refractivity contribution is 7.15. The zero-order valence-corrected chi connectivity index (χ0v) is 19.9. The van der Waals surface area contributed by atoms with E-state index in [0.717, 1.165) is 23.3 Å². The highest BCUT2D eigenvalue weighted by atomic mass is 32.1. The molecule has 32 heavy (non-hydrogen) atoms. The van der Waals surface area contributed by atoms with Gasteiger partial charge in [0, 0.05) is 11.4 Å². The van der Waals surface area contributed by atoms with Gasteiger partial charge in [0.25, 0.3) is 11.8 Å². The molecular formula is C25H33N3O3S. The fourth-order valence-electron chi connectivity index (χ4n) is 3.03. The minimum absolute atomic E-state index is 0.197. The first kappa shape index (κ1) is 26.8. The molecular weight excluding hydrogens is 422 g/mol. The number of rotatable bonds is 8. The van der Waals surface area contributed by atoms with Crippen molar-refractivity contribution in [3.05, 3.63) is 70.6 Å². The summed E-state index contributed by atoms with van der Waals surface area (Å²) in [7, 11) is 0. The Morgan fingerprint density at radius 3 is 2.47 bits per heavy atom. The van der Waals surface area contributed by atoms with Gasteiger partial charge >= 0.3 is 0 Å². The fraction of sp³-hybridized carbons (Fsp3) is 0.320. The maximum absolute atomic E-state index is 12.9. The lowest BCUT2D eigenvalue weighted by atomic mass is 10.1. The largest absolute Gasteiger partial charge is 0.354 e. The molecule has 1 fully saturated rings. The number of hydrogen-bond acceptors (Lipinski definition) is 4. The number of hydrogen-bond donors (Lipinski definition) is 3. The van der Waals surface area contributed by atoms with Gasteiger partial charge in [-0.1, -0.05) is 57.9 Å². The molecule has 2 heterocycles. The summed E-state index contributed by atoms with van der Waals surface area (Å²) >= 11 is 1.28. The third-order valence-electron chi connectivity index (χ3n) is 4.58. The zero-order valence-electron chi connectivity index (χ0n) is 19.1. The van der Waals surface area contributed by atoms with Crippen LogP contribution in [0.3, 0.4) is 0 Å². The highest BCUT2D eigenvalue weighted by Crippen LogP contribution is 2.25. The molecule has 0 bridgehead atoms. The van der Waals surface area contributed by atoms with Crippen LogP contribution < -0.4 is 16.0 Å². The van der Waals surface area contributed by atoms with E-state index in [-0.39, 0.29) is 23.1 Å². The predicted molar refractivity (Wildman–Crippen MR) is 134 cm³/mol. The lowest BCUT2D eigenvalue weighted by molar-refractivity contribution is -0.127. The van der Waals surface area contributed by atoms with Crippen LogP contribution in [0.5, 0.6) is 0 Å². The van der Waals surface area contributed by atoms with E-state index in [1.165, 1.54) is 17.4 Å². The summed E-state index contributed by atoms with van der Waals surface area (Å²) in [6.07, 6.45) is 10.3. The summed E-state index contributed by atoms with van der Waals surface area (Å²) in [5, 5.41) is 8.31. The molecule has 1 aromatic heterocycles. The van der Waals surface area contributed by atoms with E-state index in [4.69, 9.17) is 0 Å². The smallest absolute Gasteiger partial charge is 0.265 e. The van der Waals surface area contributed by atoms with Crippen molar-refractivity contribution >= 4 is 41.2 Å². The Labute approximate surface area is 194 Å². The van der Waals surface area contributed by atoms with Crippen LogP contribution in [0.4, 0.5) is 0 Å². The first-order valence-corrected chi connectivity index (χ1v) is 11.5. The summed E-state index contributed by atoms with van der Waals surface area (Å²) in [6.45, 7) is 17.6. The monoisotopic (exact) mass is 455 g/mol. The molecule has 1 aromatic rings. The highest BCUT2D eigenvalue weighted by Gasteiger charge is 2.24. The summed E-state index contributed by atoms with van der Waals surface area (Å²) in [5.74, 6) is -1.01. The average Bonchev–Trinajstić information content (AvgIpc) is 3.14. The normalized spacial score (nSPS) is 16.5. The second kappa shape index (κ2) is 14.0. The van der Waals surface area contributed by atoms with Gasteiger partial charge in [0.1, 0.15) is 6.04 Å². The molecule has 7 heteroatoms. The number of amides is 3. The van der Waals surface area contributed by atoms with Gasteiger partial charge in [0.2, 0.25) is 5.91 Å². The quantitative estimate of drug-likeness (QED) is 0.396. The van der Waals surface area contributed by atoms with Crippen molar-refractivity contribution in [1.29, 1.82) is 0 Å². The van der Waals surface area contributed by atoms with Crippen molar-refractivity contribution in [3.63, 3.8) is 0 Å². The third kappa shape index (κ3) is 7.20. The van der Waals surface area contributed by atoms with Gasteiger partial charge in [-0.2, -0.15) is 0 Å². The van der Waals surface area contributed by atoms with Crippen LogP contribution >= 0.6 is 11.3 Å². The van der Waals surface area contributed by atoms with Gasteiger partial charge < -0.3 is 16.0 Å². The van der Waals surface area contributed by atoms with Crippen molar-refractivity contribution in [2.45, 2.75) is 46.1 Å². The minimum Gasteiger partial charge on any atom is -0.354 e. The van der Waals surface area contributed by atoms with E-state index in [0.29, 0.717) is 17.8 Å². The first-order chi connectivity index (χ1) is 15.4. The summed E-state index contributed by atoms with van der Waals surface area (Å²) in [5.41, 5.74) is 1.30. The van der Waals surface area contributed by atoms with Gasteiger partial charge in [0.15, 0.2) is 0 Å². The number of carbonyl (C=O) groups excluding carboxylic acids is 3. The molecule has 3 N–H and O–H groups in total. The van der Waals surface area contributed by atoms with Gasteiger partial charge in [-0.05, 0) is 43.9 Å². The van der Waals surface area contributed by atoms with Crippen LogP contribution in [0.15, 0.2) is 55.3 Å². The van der Waals surface area contributed by atoms with Gasteiger partial charge in [0.05, 0.1) is 16.1 Å². The minimum atomic E-state index is -0.607. The van der Waals surface area contributed by atoms with Crippen LogP contribution in [-0.2, 0) is 9.59 Å². The Morgan fingerprint density at radius 1 is 1.19 bits per heavy atom. The molecule has 1 atom stereocenters. The standard InChI is InChI=1S/C23H27N3O3S.C2H6/c1-5-11-16(21(27)26-18-12-9-10-13-24-22(18)28)17(7-3)25-23(29)20-14-15(6-2)19(8-4)30-20;1-2/h5-8,11,14,18H,2-4,9-10,12-13H2,1H3,(H,24,28)(H,25,29)(H,26,27);1-2H3/b11-5-,17-16-;. The topological polar surface area (TPSA) is 87.3 Å². The van der Waals surface area contributed by atoms with Crippen molar-refractivity contribution < 1.29 is 14.4 Å². The van der Waals surface area contributed by atoms with Gasteiger partial charge in [-0.25, -0.2) is 0 Å². The molecule has 172 valence electrons. The van der Waals surface area contributed by atoms with E-state index in [9.17, 15) is 14.4 Å². The van der Waals surface area contributed by atoms with Crippen LogP contribution in [0.1, 0.15) is 60.1 Å². The zero-order chi connectivity index (χ0) is 24.1. The van der Waals surface area contributed by atoms with Gasteiger partial charge in [-0.3, -0.25) is 14.4 Å². The lowest BCUT2D eigenvalue weighted by Gasteiger charge is -2.17. The Bertz CT molecular complexity index is 899. The van der Waals surface area contributed by atoms with E-state index < -0.39 is 11.9 Å². The van der Waals surface area contributed by atoms with Crippen molar-refractivity contribution in [2.24, 2.45) is 0 Å². The van der Waals surface area contributed by atoms with Crippen LogP contribution in [-0.4, -0.2) is 30.3 Å². The molecule has 0 aliphatic carbocycles. The molecule has 1 aliphatic rings. The maximum atomic E-state index is 12.9. The summed E-state index contributed by atoms with van der Waals surface area (Å²) in [6, 6.07) is 1.11. The molecule has 1 unspecified atom stereocenters. The first-order valence-electron chi connectivity index (χ1n) is 10.7.